The highest BCUT2D eigenvalue weighted by Gasteiger charge is 2.28. The summed E-state index contributed by atoms with van der Waals surface area (Å²) in [7, 11) is 0. The van der Waals surface area contributed by atoms with Crippen LogP contribution >= 0.6 is 0 Å². The van der Waals surface area contributed by atoms with Gasteiger partial charge in [0.25, 0.3) is 0 Å². The van der Waals surface area contributed by atoms with E-state index in [1.165, 1.54) is 5.56 Å². The van der Waals surface area contributed by atoms with Crippen LogP contribution in [-0.4, -0.2) is 23.7 Å². The lowest BCUT2D eigenvalue weighted by Crippen LogP contribution is -2.33. The second kappa shape index (κ2) is 7.82. The quantitative estimate of drug-likeness (QED) is 0.758. The maximum Gasteiger partial charge on any atom is 0.404 e. The number of carboxylic acid groups (broad SMARTS) is 1. The topological polar surface area (TPSA) is 75.6 Å². The number of aryl methyl sites for hydroxylation is 1. The van der Waals surface area contributed by atoms with E-state index < -0.39 is 12.0 Å². The lowest BCUT2D eigenvalue weighted by molar-refractivity contribution is -0.154. The Hall–Kier alpha value is -2.04. The van der Waals surface area contributed by atoms with Crippen molar-refractivity contribution in [3.63, 3.8) is 0 Å². The number of carbonyl (C=O) groups is 2. The van der Waals surface area contributed by atoms with Crippen molar-refractivity contribution in [3.8, 4) is 0 Å². The van der Waals surface area contributed by atoms with Gasteiger partial charge in [-0.3, -0.25) is 4.79 Å². The molecule has 1 aliphatic rings. The molecule has 1 aromatic rings. The minimum atomic E-state index is -1.11. The van der Waals surface area contributed by atoms with Crippen molar-refractivity contribution in [2.75, 3.05) is 6.54 Å². The van der Waals surface area contributed by atoms with Gasteiger partial charge in [-0.25, -0.2) is 4.79 Å². The van der Waals surface area contributed by atoms with E-state index in [2.05, 4.69) is 11.4 Å². The van der Waals surface area contributed by atoms with Crippen LogP contribution in [-0.2, 0) is 16.0 Å². The number of nitrogens with one attached hydrogen (secondary N) is 1. The Kier molecular flexibility index (Phi) is 5.81. The van der Waals surface area contributed by atoms with Gasteiger partial charge in [-0.05, 0) is 30.4 Å². The maximum atomic E-state index is 12.4. The van der Waals surface area contributed by atoms with Gasteiger partial charge >= 0.3 is 12.1 Å². The van der Waals surface area contributed by atoms with Crippen LogP contribution in [0.15, 0.2) is 24.3 Å². The van der Waals surface area contributed by atoms with Crippen LogP contribution in [0.5, 0.6) is 0 Å². The van der Waals surface area contributed by atoms with Gasteiger partial charge in [-0.2, -0.15) is 0 Å². The molecule has 2 rings (SSSR count). The first kappa shape index (κ1) is 16.3. The summed E-state index contributed by atoms with van der Waals surface area (Å²) in [5, 5.41) is 11.0. The summed E-state index contributed by atoms with van der Waals surface area (Å²) in [5.74, 6) is -0.715. The molecule has 5 nitrogen and oxygen atoms in total. The summed E-state index contributed by atoms with van der Waals surface area (Å²) >= 11 is 0. The van der Waals surface area contributed by atoms with E-state index in [0.717, 1.165) is 31.2 Å². The third-order valence-electron chi connectivity index (χ3n) is 4.08. The molecule has 0 fully saturated rings. The van der Waals surface area contributed by atoms with Gasteiger partial charge in [0.15, 0.2) is 0 Å². The largest absolute Gasteiger partial charge is 0.465 e. The summed E-state index contributed by atoms with van der Waals surface area (Å²) in [6.07, 6.45) is 2.90. The van der Waals surface area contributed by atoms with Crippen LogP contribution < -0.4 is 5.32 Å². The summed E-state index contributed by atoms with van der Waals surface area (Å²) in [6.45, 7) is 2.16. The van der Waals surface area contributed by atoms with Crippen molar-refractivity contribution in [1.82, 2.24) is 5.32 Å². The van der Waals surface area contributed by atoms with Gasteiger partial charge in [-0.15, -0.1) is 0 Å². The van der Waals surface area contributed by atoms with E-state index in [9.17, 15) is 9.59 Å². The predicted octanol–water partition coefficient (Wildman–Crippen LogP) is 3.29. The highest BCUT2D eigenvalue weighted by atomic mass is 16.5. The second-order valence-corrected chi connectivity index (χ2v) is 5.69. The normalized spacial score (nSPS) is 17.6. The van der Waals surface area contributed by atoms with Crippen molar-refractivity contribution < 1.29 is 19.4 Å². The fourth-order valence-electron chi connectivity index (χ4n) is 2.84. The smallest absolute Gasteiger partial charge is 0.404 e. The Morgan fingerprint density at radius 2 is 2.18 bits per heavy atom. The van der Waals surface area contributed by atoms with Gasteiger partial charge in [-0.1, -0.05) is 44.0 Å². The molecule has 0 aromatic heterocycles. The van der Waals surface area contributed by atoms with Crippen LogP contribution in [0.25, 0.3) is 0 Å². The number of rotatable bonds is 7. The van der Waals surface area contributed by atoms with Gasteiger partial charge in [0.1, 0.15) is 6.10 Å². The van der Waals surface area contributed by atoms with Crippen molar-refractivity contribution in [1.29, 1.82) is 0 Å². The Morgan fingerprint density at radius 3 is 2.91 bits per heavy atom. The average Bonchev–Trinajstić information content (AvgIpc) is 2.90. The summed E-state index contributed by atoms with van der Waals surface area (Å²) < 4.78 is 5.66. The molecule has 120 valence electrons. The fourth-order valence-corrected chi connectivity index (χ4v) is 2.84. The third kappa shape index (κ3) is 4.23. The van der Waals surface area contributed by atoms with Crippen LogP contribution in [0, 0.1) is 5.92 Å². The van der Waals surface area contributed by atoms with Crippen molar-refractivity contribution >= 4 is 12.1 Å². The molecule has 0 aliphatic heterocycles. The van der Waals surface area contributed by atoms with Crippen molar-refractivity contribution in [2.24, 2.45) is 5.92 Å². The van der Waals surface area contributed by atoms with E-state index in [1.54, 1.807) is 0 Å². The minimum absolute atomic E-state index is 0.114. The van der Waals surface area contributed by atoms with E-state index in [1.807, 2.05) is 25.1 Å². The zero-order chi connectivity index (χ0) is 15.9. The molecule has 0 saturated carbocycles. The zero-order valence-electron chi connectivity index (χ0n) is 12.9. The molecule has 22 heavy (non-hydrogen) atoms. The van der Waals surface area contributed by atoms with Crippen LogP contribution in [0.2, 0.25) is 0 Å². The number of benzene rings is 1. The SMILES string of the molecule is CCCCC(CNC(=O)O)C(=O)OC1CCc2ccccc21. The molecule has 2 unspecified atom stereocenters. The van der Waals surface area contributed by atoms with Gasteiger partial charge in [0, 0.05) is 6.54 Å². The first-order chi connectivity index (χ1) is 10.6. The molecule has 2 atom stereocenters. The van der Waals surface area contributed by atoms with Gasteiger partial charge in [0.05, 0.1) is 5.92 Å². The minimum Gasteiger partial charge on any atom is -0.465 e. The fraction of sp³-hybridized carbons (Fsp3) is 0.529. The summed E-state index contributed by atoms with van der Waals surface area (Å²) in [5.41, 5.74) is 2.31. The molecule has 0 radical (unpaired) electrons. The number of esters is 1. The Bertz CT molecular complexity index is 529. The van der Waals surface area contributed by atoms with Crippen molar-refractivity contribution in [2.45, 2.75) is 45.1 Å². The summed E-state index contributed by atoms with van der Waals surface area (Å²) in [4.78, 5) is 23.0. The molecule has 2 N–H and O–H groups in total. The lowest BCUT2D eigenvalue weighted by Gasteiger charge is -2.19. The highest BCUT2D eigenvalue weighted by Crippen LogP contribution is 2.34. The molecule has 0 spiro atoms. The summed E-state index contributed by atoms with van der Waals surface area (Å²) in [6, 6.07) is 8.00. The first-order valence-electron chi connectivity index (χ1n) is 7.87. The number of unbranched alkanes of at least 4 members (excludes halogenated alkanes) is 1. The van der Waals surface area contributed by atoms with E-state index in [4.69, 9.17) is 9.84 Å². The molecule has 0 bridgehead atoms. The van der Waals surface area contributed by atoms with Gasteiger partial charge in [0.2, 0.25) is 0 Å². The molecule has 0 saturated heterocycles. The Balaban J connectivity index is 1.97. The molecule has 0 heterocycles. The number of carbonyl (C=O) groups excluding carboxylic acids is 1. The predicted molar refractivity (Wildman–Crippen MR) is 82.6 cm³/mol. The second-order valence-electron chi connectivity index (χ2n) is 5.69. The zero-order valence-corrected chi connectivity index (χ0v) is 12.9. The number of fused-ring (bicyclic) bond motifs is 1. The van der Waals surface area contributed by atoms with E-state index in [-0.39, 0.29) is 18.6 Å². The van der Waals surface area contributed by atoms with Crippen LogP contribution in [0.4, 0.5) is 4.79 Å². The number of ether oxygens (including phenoxy) is 1. The molecular weight excluding hydrogens is 282 g/mol. The first-order valence-corrected chi connectivity index (χ1v) is 7.87. The van der Waals surface area contributed by atoms with Gasteiger partial charge < -0.3 is 15.2 Å². The Morgan fingerprint density at radius 1 is 1.41 bits per heavy atom. The number of amides is 1. The van der Waals surface area contributed by atoms with Crippen LogP contribution in [0.3, 0.4) is 0 Å². The molecule has 1 aliphatic carbocycles. The van der Waals surface area contributed by atoms with E-state index in [0.29, 0.717) is 6.42 Å². The maximum absolute atomic E-state index is 12.4. The highest BCUT2D eigenvalue weighted by molar-refractivity contribution is 5.74. The van der Waals surface area contributed by atoms with E-state index >= 15 is 0 Å². The standard InChI is InChI=1S/C17H23NO4/c1-2-3-6-13(11-18-17(20)21)16(19)22-15-10-9-12-7-4-5-8-14(12)15/h4-5,7-8,13,15,18H,2-3,6,9-11H2,1H3,(H,20,21). The molecular formula is C17H23NO4. The Labute approximate surface area is 130 Å². The van der Waals surface area contributed by atoms with Crippen molar-refractivity contribution in [3.05, 3.63) is 35.4 Å². The number of hydrogen-bond donors (Lipinski definition) is 2. The number of hydrogen-bond acceptors (Lipinski definition) is 3. The lowest BCUT2D eigenvalue weighted by atomic mass is 10.0. The monoisotopic (exact) mass is 305 g/mol. The molecule has 5 heteroatoms. The third-order valence-corrected chi connectivity index (χ3v) is 4.08. The average molecular weight is 305 g/mol. The molecule has 1 aromatic carbocycles. The molecule has 1 amide bonds. The van der Waals surface area contributed by atoms with Crippen LogP contribution in [0.1, 0.15) is 49.8 Å².